The zero-order valence-electron chi connectivity index (χ0n) is 11.1. The second kappa shape index (κ2) is 6.58. The largest absolute Gasteiger partial charge is 0.364 e. The van der Waals surface area contributed by atoms with Gasteiger partial charge in [0.2, 0.25) is 0 Å². The van der Waals surface area contributed by atoms with E-state index in [9.17, 15) is 4.79 Å². The van der Waals surface area contributed by atoms with Crippen molar-refractivity contribution in [2.45, 2.75) is 0 Å². The van der Waals surface area contributed by atoms with Crippen LogP contribution in [-0.4, -0.2) is 27.1 Å². The van der Waals surface area contributed by atoms with Gasteiger partial charge < -0.3 is 5.73 Å². The van der Waals surface area contributed by atoms with E-state index in [0.717, 1.165) is 5.69 Å². The molecule has 0 aliphatic rings. The fourth-order valence-electron chi connectivity index (χ4n) is 1.57. The van der Waals surface area contributed by atoms with Crippen LogP contribution in [0.4, 0.5) is 5.69 Å². The number of aliphatic imine (C=N–C) groups is 1. The van der Waals surface area contributed by atoms with Crippen molar-refractivity contribution in [2.24, 2.45) is 10.7 Å². The first-order valence-corrected chi connectivity index (χ1v) is 7.10. The van der Waals surface area contributed by atoms with Crippen molar-refractivity contribution in [3.63, 3.8) is 0 Å². The topological polar surface area (TPSA) is 109 Å². The molecule has 1 aromatic heterocycles. The minimum Gasteiger partial charge on any atom is -0.364 e. The van der Waals surface area contributed by atoms with Crippen LogP contribution in [0, 0.1) is 11.5 Å². The van der Waals surface area contributed by atoms with Gasteiger partial charge in [-0.25, -0.2) is 9.67 Å². The van der Waals surface area contributed by atoms with Gasteiger partial charge >= 0.3 is 0 Å². The Hall–Kier alpha value is -2.79. The van der Waals surface area contributed by atoms with Crippen molar-refractivity contribution in [1.29, 1.82) is 5.26 Å². The number of hydrogen-bond donors (Lipinski definition) is 2. The number of aromatic nitrogens is 2. The van der Waals surface area contributed by atoms with Gasteiger partial charge in [-0.3, -0.25) is 10.1 Å². The lowest BCUT2D eigenvalue weighted by atomic mass is 10.3. The van der Waals surface area contributed by atoms with Gasteiger partial charge in [-0.1, -0.05) is 11.8 Å². The Bertz CT molecular complexity index is 713. The molecule has 0 radical (unpaired) electrons. The van der Waals surface area contributed by atoms with Gasteiger partial charge in [-0.2, -0.15) is 10.4 Å². The summed E-state index contributed by atoms with van der Waals surface area (Å²) in [7, 11) is 0. The molecule has 8 heteroatoms. The Balaban J connectivity index is 2.22. The van der Waals surface area contributed by atoms with Crippen LogP contribution in [0.25, 0.3) is 5.69 Å². The van der Waals surface area contributed by atoms with Gasteiger partial charge in [0.05, 0.1) is 11.4 Å². The Morgan fingerprint density at radius 3 is 2.67 bits per heavy atom. The minimum atomic E-state index is -0.567. The van der Waals surface area contributed by atoms with Crippen molar-refractivity contribution in [2.75, 3.05) is 6.26 Å². The molecular formula is C13H12N6OS. The Morgan fingerprint density at radius 2 is 2.14 bits per heavy atom. The van der Waals surface area contributed by atoms with Crippen LogP contribution in [0.3, 0.4) is 0 Å². The lowest BCUT2D eigenvalue weighted by Crippen LogP contribution is -2.12. The molecule has 3 N–H and O–H groups in total. The lowest BCUT2D eigenvalue weighted by Gasteiger charge is -2.03. The van der Waals surface area contributed by atoms with Crippen molar-refractivity contribution < 1.29 is 4.79 Å². The number of rotatable bonds is 3. The van der Waals surface area contributed by atoms with Crippen LogP contribution in [0.5, 0.6) is 0 Å². The summed E-state index contributed by atoms with van der Waals surface area (Å²) in [6.45, 7) is 0. The number of nitrogens with two attached hydrogens (primary N) is 1. The molecule has 2 aromatic rings. The molecule has 7 nitrogen and oxygen atoms in total. The molecule has 0 bridgehead atoms. The Labute approximate surface area is 125 Å². The molecule has 0 aliphatic heterocycles. The lowest BCUT2D eigenvalue weighted by molar-refractivity contribution is 0.0995. The zero-order chi connectivity index (χ0) is 15.2. The van der Waals surface area contributed by atoms with Crippen molar-refractivity contribution in [1.82, 2.24) is 15.1 Å². The van der Waals surface area contributed by atoms with E-state index in [2.05, 4.69) is 15.4 Å². The predicted octanol–water partition coefficient (Wildman–Crippen LogP) is 1.39. The molecule has 1 amide bonds. The number of primary amides is 1. The number of benzene rings is 1. The van der Waals surface area contributed by atoms with E-state index in [0.29, 0.717) is 10.9 Å². The van der Waals surface area contributed by atoms with Crippen LogP contribution in [0.1, 0.15) is 10.5 Å². The molecule has 0 unspecified atom stereocenters. The van der Waals surface area contributed by atoms with Crippen molar-refractivity contribution in [3.8, 4) is 11.9 Å². The number of thioether (sulfide) groups is 1. The Morgan fingerprint density at radius 1 is 1.43 bits per heavy atom. The molecule has 106 valence electrons. The number of amidine groups is 1. The molecule has 0 saturated heterocycles. The Kier molecular flexibility index (Phi) is 4.58. The van der Waals surface area contributed by atoms with E-state index in [1.807, 2.05) is 12.4 Å². The maximum Gasteiger partial charge on any atom is 0.269 e. The molecular weight excluding hydrogens is 288 g/mol. The average Bonchev–Trinajstić information content (AvgIpc) is 2.97. The van der Waals surface area contributed by atoms with Gasteiger partial charge in [0.25, 0.3) is 5.91 Å². The van der Waals surface area contributed by atoms with Gasteiger partial charge in [0, 0.05) is 6.20 Å². The van der Waals surface area contributed by atoms with E-state index in [1.54, 1.807) is 41.2 Å². The van der Waals surface area contributed by atoms with E-state index < -0.39 is 5.91 Å². The summed E-state index contributed by atoms with van der Waals surface area (Å²) in [5, 5.41) is 15.7. The van der Waals surface area contributed by atoms with Crippen LogP contribution in [0.15, 0.2) is 41.5 Å². The highest BCUT2D eigenvalue weighted by molar-refractivity contribution is 8.13. The molecule has 21 heavy (non-hydrogen) atoms. The normalized spacial score (nSPS) is 11.0. The molecule has 1 heterocycles. The fourth-order valence-corrected chi connectivity index (χ4v) is 1.91. The first-order chi connectivity index (χ1) is 10.1. The number of amides is 1. The minimum absolute atomic E-state index is 0.208. The molecule has 2 rings (SSSR count). The predicted molar refractivity (Wildman–Crippen MR) is 81.4 cm³/mol. The van der Waals surface area contributed by atoms with Gasteiger partial charge in [-0.05, 0) is 36.6 Å². The SMILES string of the molecule is CSC(=Nc1ccc(-n2ccc(C(N)=O)n2)cc1)NC#N. The maximum atomic E-state index is 11.0. The molecule has 1 aromatic carbocycles. The highest BCUT2D eigenvalue weighted by atomic mass is 32.2. The summed E-state index contributed by atoms with van der Waals surface area (Å²) in [6.07, 6.45) is 5.31. The second-order valence-electron chi connectivity index (χ2n) is 3.88. The quantitative estimate of drug-likeness (QED) is 0.385. The first-order valence-electron chi connectivity index (χ1n) is 5.87. The van der Waals surface area contributed by atoms with E-state index in [-0.39, 0.29) is 5.69 Å². The number of nitrogens with zero attached hydrogens (tertiary/aromatic N) is 4. The van der Waals surface area contributed by atoms with Crippen LogP contribution < -0.4 is 11.1 Å². The number of nitriles is 1. The smallest absolute Gasteiger partial charge is 0.269 e. The second-order valence-corrected chi connectivity index (χ2v) is 4.68. The molecule has 0 fully saturated rings. The summed E-state index contributed by atoms with van der Waals surface area (Å²) in [6, 6.07) is 8.74. The molecule has 0 atom stereocenters. The van der Waals surface area contributed by atoms with E-state index >= 15 is 0 Å². The molecule has 0 aliphatic carbocycles. The van der Waals surface area contributed by atoms with Crippen LogP contribution in [-0.2, 0) is 0 Å². The highest BCUT2D eigenvalue weighted by Crippen LogP contribution is 2.17. The van der Waals surface area contributed by atoms with Crippen molar-refractivity contribution in [3.05, 3.63) is 42.2 Å². The van der Waals surface area contributed by atoms with Crippen LogP contribution in [0.2, 0.25) is 0 Å². The number of carbonyl (C=O) groups excluding carboxylic acids is 1. The van der Waals surface area contributed by atoms with Crippen molar-refractivity contribution >= 4 is 28.5 Å². The highest BCUT2D eigenvalue weighted by Gasteiger charge is 2.05. The zero-order valence-corrected chi connectivity index (χ0v) is 12.0. The van der Waals surface area contributed by atoms with Gasteiger partial charge in [-0.15, -0.1) is 0 Å². The third kappa shape index (κ3) is 3.61. The standard InChI is InChI=1S/C13H12N6OS/c1-21-13(16-8-14)17-9-2-4-10(5-3-9)19-7-6-11(18-19)12(15)20/h2-7H,1H3,(H2,15,20)(H,16,17). The van der Waals surface area contributed by atoms with E-state index in [4.69, 9.17) is 11.0 Å². The third-order valence-electron chi connectivity index (χ3n) is 2.54. The summed E-state index contributed by atoms with van der Waals surface area (Å²) >= 11 is 1.34. The summed E-state index contributed by atoms with van der Waals surface area (Å²) in [5.74, 6) is -0.567. The average molecular weight is 300 g/mol. The fraction of sp³-hybridized carbons (Fsp3) is 0.0769. The monoisotopic (exact) mass is 300 g/mol. The number of nitrogens with one attached hydrogen (secondary N) is 1. The summed E-state index contributed by atoms with van der Waals surface area (Å²) in [4.78, 5) is 15.3. The maximum absolute atomic E-state index is 11.0. The first kappa shape index (κ1) is 14.6. The molecule has 0 saturated carbocycles. The van der Waals surface area contributed by atoms with E-state index in [1.165, 1.54) is 11.8 Å². The third-order valence-corrected chi connectivity index (χ3v) is 3.12. The van der Waals surface area contributed by atoms with Gasteiger partial charge in [0.1, 0.15) is 5.69 Å². The summed E-state index contributed by atoms with van der Waals surface area (Å²) < 4.78 is 1.55. The van der Waals surface area contributed by atoms with Gasteiger partial charge in [0.15, 0.2) is 11.4 Å². The summed E-state index contributed by atoms with van der Waals surface area (Å²) in [5.41, 5.74) is 6.85. The number of hydrogen-bond acceptors (Lipinski definition) is 5. The van der Waals surface area contributed by atoms with Crippen LogP contribution >= 0.6 is 11.8 Å². The number of carbonyl (C=O) groups is 1. The molecule has 0 spiro atoms.